The molecule has 66 heavy (non-hydrogen) atoms. The van der Waals surface area contributed by atoms with E-state index in [1.54, 1.807) is 0 Å². The number of fused-ring (bicyclic) bond motifs is 7. The van der Waals surface area contributed by atoms with Crippen LogP contribution in [0.3, 0.4) is 0 Å². The monoisotopic (exact) mass is 839 g/mol. The molecule has 1 aromatic heterocycles. The summed E-state index contributed by atoms with van der Waals surface area (Å²) in [5, 5.41) is 8.64. The van der Waals surface area contributed by atoms with Gasteiger partial charge in [-0.3, -0.25) is 0 Å². The highest BCUT2D eigenvalue weighted by Crippen LogP contribution is 2.52. The van der Waals surface area contributed by atoms with E-state index in [0.717, 1.165) is 5.69 Å². The zero-order chi connectivity index (χ0) is 43.9. The quantitative estimate of drug-likeness (QED) is 0.147. The molecule has 1 heterocycles. The van der Waals surface area contributed by atoms with Crippen LogP contribution in [-0.2, 0) is 5.41 Å². The van der Waals surface area contributed by atoms with Gasteiger partial charge in [-0.25, -0.2) is 0 Å². The van der Waals surface area contributed by atoms with Crippen LogP contribution in [0.4, 0.5) is 0 Å². The largest absolute Gasteiger partial charge is 0.309 e. The molecule has 1 heteroatoms. The van der Waals surface area contributed by atoms with Gasteiger partial charge in [0.15, 0.2) is 0 Å². The second-order valence-electron chi connectivity index (χ2n) is 18.4. The van der Waals surface area contributed by atoms with Crippen molar-refractivity contribution >= 4 is 43.2 Å². The summed E-state index contributed by atoms with van der Waals surface area (Å²) in [7, 11) is 0. The lowest BCUT2D eigenvalue weighted by molar-refractivity contribution is 0.660. The third kappa shape index (κ3) is 5.87. The standard InChI is InChI=1S/C65H45N/c1-65(2)58-30-18-17-29-51(58)52-36-34-50(39-59(52)65)66-60-41-56-55(40-57(60)63(45-24-11-5-12-25-45)64(66)46-26-13-6-14-27-46)62(44-22-9-4-10-23-44)54-38-49(48-32-31-42-19-15-16-28-47(42)37-48)33-35-53(54)61(56)43-20-7-3-8-21-43/h3-41H,1-2H3. The van der Waals surface area contributed by atoms with Crippen molar-refractivity contribution in [2.45, 2.75) is 19.3 Å². The van der Waals surface area contributed by atoms with Crippen LogP contribution in [0.2, 0.25) is 0 Å². The molecular formula is C65H45N. The van der Waals surface area contributed by atoms with Gasteiger partial charge in [0, 0.05) is 22.1 Å². The van der Waals surface area contributed by atoms with E-state index in [9.17, 15) is 0 Å². The Balaban J connectivity index is 1.20. The Labute approximate surface area is 385 Å². The molecule has 0 N–H and O–H groups in total. The first-order valence-electron chi connectivity index (χ1n) is 23.1. The van der Waals surface area contributed by atoms with Crippen molar-refractivity contribution in [3.8, 4) is 72.6 Å². The number of aromatic nitrogens is 1. The van der Waals surface area contributed by atoms with Gasteiger partial charge in [-0.15, -0.1) is 0 Å². The number of nitrogens with zero attached hydrogens (tertiary/aromatic N) is 1. The highest BCUT2D eigenvalue weighted by molar-refractivity contribution is 6.25. The molecular weight excluding hydrogens is 795 g/mol. The van der Waals surface area contributed by atoms with Crippen molar-refractivity contribution in [1.82, 2.24) is 4.57 Å². The summed E-state index contributed by atoms with van der Waals surface area (Å²) < 4.78 is 2.57. The van der Waals surface area contributed by atoms with Crippen molar-refractivity contribution in [3.05, 3.63) is 248 Å². The Morgan fingerprint density at radius 1 is 0.303 bits per heavy atom. The third-order valence-corrected chi connectivity index (χ3v) is 14.3. The molecule has 0 fully saturated rings. The van der Waals surface area contributed by atoms with E-state index < -0.39 is 0 Å². The molecule has 0 unspecified atom stereocenters. The average Bonchev–Trinajstić information content (AvgIpc) is 3.83. The molecule has 0 bridgehead atoms. The summed E-state index contributed by atoms with van der Waals surface area (Å²) in [4.78, 5) is 0. The third-order valence-electron chi connectivity index (χ3n) is 14.3. The van der Waals surface area contributed by atoms with Crippen LogP contribution < -0.4 is 0 Å². The first kappa shape index (κ1) is 38.2. The Kier molecular flexibility index (Phi) is 8.63. The summed E-state index contributed by atoms with van der Waals surface area (Å²) in [5.74, 6) is 0. The zero-order valence-corrected chi connectivity index (χ0v) is 37.0. The molecule has 0 saturated carbocycles. The zero-order valence-electron chi connectivity index (χ0n) is 37.0. The number of rotatable bonds is 6. The van der Waals surface area contributed by atoms with Crippen LogP contribution in [0, 0.1) is 0 Å². The van der Waals surface area contributed by atoms with E-state index >= 15 is 0 Å². The maximum atomic E-state index is 2.57. The van der Waals surface area contributed by atoms with Gasteiger partial charge in [-0.2, -0.15) is 0 Å². The maximum absolute atomic E-state index is 2.57. The smallest absolute Gasteiger partial charge is 0.0619 e. The minimum absolute atomic E-state index is 0.150. The minimum atomic E-state index is -0.150. The van der Waals surface area contributed by atoms with Crippen LogP contribution in [0.25, 0.3) is 116 Å². The predicted octanol–water partition coefficient (Wildman–Crippen LogP) is 17.7. The molecule has 0 spiro atoms. The summed E-state index contributed by atoms with van der Waals surface area (Å²) in [6.07, 6.45) is 0. The molecule has 0 atom stereocenters. The fourth-order valence-electron chi connectivity index (χ4n) is 11.3. The van der Waals surface area contributed by atoms with Crippen LogP contribution in [0.5, 0.6) is 0 Å². The van der Waals surface area contributed by atoms with E-state index in [1.807, 2.05) is 0 Å². The highest BCUT2D eigenvalue weighted by Gasteiger charge is 2.36. The number of hydrogen-bond acceptors (Lipinski definition) is 0. The van der Waals surface area contributed by atoms with Crippen LogP contribution in [0.15, 0.2) is 237 Å². The second kappa shape index (κ2) is 14.9. The predicted molar refractivity (Wildman–Crippen MR) is 281 cm³/mol. The first-order chi connectivity index (χ1) is 32.5. The lowest BCUT2D eigenvalue weighted by Gasteiger charge is -2.23. The van der Waals surface area contributed by atoms with Gasteiger partial charge in [0.05, 0.1) is 11.2 Å². The number of benzene rings is 11. The normalized spacial score (nSPS) is 12.8. The van der Waals surface area contributed by atoms with E-state index in [0.29, 0.717) is 0 Å². The van der Waals surface area contributed by atoms with Gasteiger partial charge in [0.25, 0.3) is 0 Å². The molecule has 11 aromatic carbocycles. The molecule has 0 saturated heterocycles. The molecule has 12 aromatic rings. The van der Waals surface area contributed by atoms with Crippen molar-refractivity contribution in [2.75, 3.05) is 0 Å². The van der Waals surface area contributed by atoms with Gasteiger partial charge in [0.2, 0.25) is 0 Å². The fourth-order valence-corrected chi connectivity index (χ4v) is 11.3. The summed E-state index contributed by atoms with van der Waals surface area (Å²) in [5.41, 5.74) is 19.7. The Morgan fingerprint density at radius 3 is 1.52 bits per heavy atom. The van der Waals surface area contributed by atoms with Gasteiger partial charge in [-0.1, -0.05) is 214 Å². The molecule has 1 aliphatic rings. The van der Waals surface area contributed by atoms with Crippen molar-refractivity contribution in [3.63, 3.8) is 0 Å². The fraction of sp³-hybridized carbons (Fsp3) is 0.0462. The molecule has 13 rings (SSSR count). The lowest BCUT2D eigenvalue weighted by atomic mass is 9.82. The molecule has 0 radical (unpaired) electrons. The van der Waals surface area contributed by atoms with E-state index in [1.165, 1.54) is 121 Å². The van der Waals surface area contributed by atoms with E-state index in [-0.39, 0.29) is 5.41 Å². The second-order valence-corrected chi connectivity index (χ2v) is 18.4. The molecule has 0 amide bonds. The van der Waals surface area contributed by atoms with Crippen molar-refractivity contribution < 1.29 is 0 Å². The summed E-state index contributed by atoms with van der Waals surface area (Å²) in [6, 6.07) is 88.0. The minimum Gasteiger partial charge on any atom is -0.309 e. The van der Waals surface area contributed by atoms with Crippen LogP contribution >= 0.6 is 0 Å². The van der Waals surface area contributed by atoms with Crippen molar-refractivity contribution in [1.29, 1.82) is 0 Å². The summed E-state index contributed by atoms with van der Waals surface area (Å²) >= 11 is 0. The van der Waals surface area contributed by atoms with Gasteiger partial charge < -0.3 is 4.57 Å². The number of hydrogen-bond donors (Lipinski definition) is 0. The molecule has 0 aliphatic heterocycles. The van der Waals surface area contributed by atoms with Gasteiger partial charge in [0.1, 0.15) is 0 Å². The average molecular weight is 840 g/mol. The molecule has 310 valence electrons. The maximum Gasteiger partial charge on any atom is 0.0619 e. The lowest BCUT2D eigenvalue weighted by Crippen LogP contribution is -2.15. The van der Waals surface area contributed by atoms with Crippen molar-refractivity contribution in [2.24, 2.45) is 0 Å². The Hall–Kier alpha value is -8.26. The SMILES string of the molecule is CC1(C)c2ccccc2-c2ccc(-n3c(-c4ccccc4)c(-c4ccccc4)c4cc5c(-c6ccccc6)c6cc(-c7ccc8ccccc8c7)ccc6c(-c6ccccc6)c5cc43)cc21. The van der Waals surface area contributed by atoms with E-state index in [4.69, 9.17) is 0 Å². The molecule has 1 aliphatic carbocycles. The topological polar surface area (TPSA) is 4.93 Å². The van der Waals surface area contributed by atoms with Gasteiger partial charge >= 0.3 is 0 Å². The molecule has 1 nitrogen and oxygen atoms in total. The first-order valence-corrected chi connectivity index (χ1v) is 23.1. The van der Waals surface area contributed by atoms with Crippen LogP contribution in [-0.4, -0.2) is 4.57 Å². The Morgan fingerprint density at radius 2 is 0.818 bits per heavy atom. The highest BCUT2D eigenvalue weighted by atomic mass is 15.0. The van der Waals surface area contributed by atoms with Crippen LogP contribution in [0.1, 0.15) is 25.0 Å². The van der Waals surface area contributed by atoms with E-state index in [2.05, 4.69) is 255 Å². The summed E-state index contributed by atoms with van der Waals surface area (Å²) in [6.45, 7) is 4.76. The van der Waals surface area contributed by atoms with Gasteiger partial charge in [-0.05, 0) is 135 Å². The Bertz CT molecular complexity index is 3860.